The second-order valence-electron chi connectivity index (χ2n) is 6.48. The lowest BCUT2D eigenvalue weighted by atomic mass is 10.1. The molecule has 0 radical (unpaired) electrons. The molecule has 4 rings (SSSR count). The van der Waals surface area contributed by atoms with E-state index < -0.39 is 0 Å². The van der Waals surface area contributed by atoms with Crippen LogP contribution in [-0.4, -0.2) is 28.5 Å². The van der Waals surface area contributed by atoms with Crippen LogP contribution >= 0.6 is 15.9 Å². The van der Waals surface area contributed by atoms with Crippen molar-refractivity contribution in [3.8, 4) is 11.3 Å². The Labute approximate surface area is 170 Å². The van der Waals surface area contributed by atoms with Gasteiger partial charge in [-0.15, -0.1) is 0 Å². The van der Waals surface area contributed by atoms with E-state index in [1.54, 1.807) is 12.3 Å². The third kappa shape index (κ3) is 3.72. The molecule has 0 aliphatic heterocycles. The second kappa shape index (κ2) is 8.00. The summed E-state index contributed by atoms with van der Waals surface area (Å²) in [5, 5.41) is 3.88. The van der Waals surface area contributed by atoms with Gasteiger partial charge in [-0.2, -0.15) is 0 Å². The van der Waals surface area contributed by atoms with Crippen molar-refractivity contribution >= 4 is 32.9 Å². The molecule has 4 aromatic rings. The molecule has 0 fully saturated rings. The number of pyridine rings is 1. The lowest BCUT2D eigenvalue weighted by Crippen LogP contribution is -2.41. The van der Waals surface area contributed by atoms with E-state index in [9.17, 15) is 4.79 Å². The first-order valence-corrected chi connectivity index (χ1v) is 9.71. The second-order valence-corrected chi connectivity index (χ2v) is 7.34. The topological polar surface area (TPSA) is 96.9 Å². The summed E-state index contributed by atoms with van der Waals surface area (Å²) in [6.07, 6.45) is 4.18. The predicted octanol–water partition coefficient (Wildman–Crippen LogP) is 3.89. The first-order valence-electron chi connectivity index (χ1n) is 8.92. The molecule has 3 heterocycles. The zero-order valence-corrected chi connectivity index (χ0v) is 16.6. The van der Waals surface area contributed by atoms with Gasteiger partial charge in [-0.1, -0.05) is 30.3 Å². The van der Waals surface area contributed by atoms with Crippen molar-refractivity contribution in [1.82, 2.24) is 15.3 Å². The van der Waals surface area contributed by atoms with Gasteiger partial charge in [0.1, 0.15) is 11.4 Å². The number of fused-ring (bicyclic) bond motifs is 1. The Bertz CT molecular complexity index is 1100. The molecular weight excluding hydrogens is 420 g/mol. The molecule has 4 N–H and O–H groups in total. The highest BCUT2D eigenvalue weighted by Gasteiger charge is 2.20. The number of H-pyrrole nitrogens is 1. The largest absolute Gasteiger partial charge is 0.450 e. The lowest BCUT2D eigenvalue weighted by molar-refractivity contribution is 0.0911. The van der Waals surface area contributed by atoms with Gasteiger partial charge in [0.25, 0.3) is 5.91 Å². The minimum absolute atomic E-state index is 0.181. The first kappa shape index (κ1) is 18.5. The summed E-state index contributed by atoms with van der Waals surface area (Å²) in [4.78, 5) is 20.1. The molecule has 0 saturated heterocycles. The maximum Gasteiger partial charge on any atom is 0.287 e. The number of hydrogen-bond acceptors (Lipinski definition) is 4. The SMILES string of the molecule is NC[C@H](Cc1ccccc1)NC(=O)c1cc(Br)c(-c2ccnc3[nH]ccc23)o1. The van der Waals surface area contributed by atoms with Crippen LogP contribution in [0, 0.1) is 0 Å². The Kier molecular flexibility index (Phi) is 5.27. The molecule has 1 aromatic carbocycles. The fraction of sp³-hybridized carbons (Fsp3) is 0.143. The highest BCUT2D eigenvalue weighted by Crippen LogP contribution is 2.35. The van der Waals surface area contributed by atoms with Gasteiger partial charge in [-0.3, -0.25) is 4.79 Å². The maximum atomic E-state index is 12.7. The number of rotatable bonds is 6. The van der Waals surface area contributed by atoms with Gasteiger partial charge in [-0.25, -0.2) is 4.98 Å². The quantitative estimate of drug-likeness (QED) is 0.425. The first-order chi connectivity index (χ1) is 13.7. The molecule has 1 amide bonds. The molecular formula is C21H19BrN4O2. The predicted molar refractivity (Wildman–Crippen MR) is 112 cm³/mol. The summed E-state index contributed by atoms with van der Waals surface area (Å²) in [7, 11) is 0. The Morgan fingerprint density at radius 1 is 1.25 bits per heavy atom. The molecule has 0 saturated carbocycles. The van der Waals surface area contributed by atoms with Crippen LogP contribution in [0.2, 0.25) is 0 Å². The Morgan fingerprint density at radius 2 is 2.07 bits per heavy atom. The average Bonchev–Trinajstić information content (AvgIpc) is 3.34. The van der Waals surface area contributed by atoms with E-state index in [1.807, 2.05) is 48.7 Å². The van der Waals surface area contributed by atoms with E-state index in [4.69, 9.17) is 10.2 Å². The lowest BCUT2D eigenvalue weighted by Gasteiger charge is -2.16. The molecule has 0 spiro atoms. The zero-order valence-electron chi connectivity index (χ0n) is 15.0. The van der Waals surface area contributed by atoms with Gasteiger partial charge in [-0.05, 0) is 40.0 Å². The normalized spacial score (nSPS) is 12.2. The van der Waals surface area contributed by atoms with Gasteiger partial charge < -0.3 is 20.5 Å². The van der Waals surface area contributed by atoms with Crippen LogP contribution in [0.4, 0.5) is 0 Å². The van der Waals surface area contributed by atoms with Crippen LogP contribution < -0.4 is 11.1 Å². The molecule has 0 aliphatic carbocycles. The van der Waals surface area contributed by atoms with E-state index in [0.29, 0.717) is 23.2 Å². The number of amides is 1. The van der Waals surface area contributed by atoms with Crippen molar-refractivity contribution in [2.45, 2.75) is 12.5 Å². The summed E-state index contributed by atoms with van der Waals surface area (Å²) in [6, 6.07) is 15.2. The smallest absolute Gasteiger partial charge is 0.287 e. The van der Waals surface area contributed by atoms with Crippen molar-refractivity contribution in [2.75, 3.05) is 6.54 Å². The number of furan rings is 1. The van der Waals surface area contributed by atoms with Crippen LogP contribution in [0.1, 0.15) is 16.1 Å². The number of carbonyl (C=O) groups is 1. The van der Waals surface area contributed by atoms with Crippen LogP contribution in [0.25, 0.3) is 22.4 Å². The summed E-state index contributed by atoms with van der Waals surface area (Å²) in [6.45, 7) is 0.337. The third-order valence-corrected chi connectivity index (χ3v) is 5.15. The van der Waals surface area contributed by atoms with E-state index in [-0.39, 0.29) is 17.7 Å². The van der Waals surface area contributed by atoms with E-state index in [1.165, 1.54) is 0 Å². The molecule has 28 heavy (non-hydrogen) atoms. The van der Waals surface area contributed by atoms with Crippen LogP contribution in [-0.2, 0) is 6.42 Å². The van der Waals surface area contributed by atoms with Crippen LogP contribution in [0.5, 0.6) is 0 Å². The number of benzene rings is 1. The number of carbonyl (C=O) groups excluding carboxylic acids is 1. The van der Waals surface area contributed by atoms with Gasteiger partial charge in [0, 0.05) is 42.0 Å². The highest BCUT2D eigenvalue weighted by molar-refractivity contribution is 9.10. The molecule has 1 atom stereocenters. The van der Waals surface area contributed by atoms with Crippen molar-refractivity contribution in [1.29, 1.82) is 0 Å². The maximum absolute atomic E-state index is 12.7. The molecule has 0 unspecified atom stereocenters. The average molecular weight is 439 g/mol. The van der Waals surface area contributed by atoms with E-state index >= 15 is 0 Å². The molecule has 6 nitrogen and oxygen atoms in total. The number of nitrogens with zero attached hydrogens (tertiary/aromatic N) is 1. The van der Waals surface area contributed by atoms with Crippen molar-refractivity contribution in [2.24, 2.45) is 5.73 Å². The fourth-order valence-corrected chi connectivity index (χ4v) is 3.67. The number of aromatic amines is 1. The fourth-order valence-electron chi connectivity index (χ4n) is 3.17. The van der Waals surface area contributed by atoms with Gasteiger partial charge in [0.2, 0.25) is 0 Å². The minimum Gasteiger partial charge on any atom is -0.450 e. The molecule has 3 aromatic heterocycles. The summed E-state index contributed by atoms with van der Waals surface area (Å²) in [5.74, 6) is 0.524. The monoisotopic (exact) mass is 438 g/mol. The molecule has 0 bridgehead atoms. The summed E-state index contributed by atoms with van der Waals surface area (Å²) >= 11 is 3.50. The Balaban J connectivity index is 1.56. The number of aromatic nitrogens is 2. The molecule has 142 valence electrons. The van der Waals surface area contributed by atoms with Crippen molar-refractivity contribution in [3.63, 3.8) is 0 Å². The van der Waals surface area contributed by atoms with E-state index in [0.717, 1.165) is 22.2 Å². The van der Waals surface area contributed by atoms with E-state index in [2.05, 4.69) is 31.2 Å². The number of halogens is 1. The van der Waals surface area contributed by atoms with Crippen LogP contribution in [0.15, 0.2) is 69.8 Å². The number of hydrogen-bond donors (Lipinski definition) is 3. The standard InChI is InChI=1S/C21H19BrN4O2/c22-17-11-18(21(27)26-14(12-23)10-13-4-2-1-3-5-13)28-19(17)15-6-8-24-20-16(15)7-9-25-20/h1-9,11,14H,10,12,23H2,(H,24,25)(H,26,27)/t14-/m0/s1. The third-order valence-electron chi connectivity index (χ3n) is 4.56. The summed E-state index contributed by atoms with van der Waals surface area (Å²) in [5.41, 5.74) is 8.60. The number of nitrogens with one attached hydrogen (secondary N) is 2. The van der Waals surface area contributed by atoms with Gasteiger partial charge >= 0.3 is 0 Å². The molecule has 0 aliphatic rings. The van der Waals surface area contributed by atoms with Gasteiger partial charge in [0.15, 0.2) is 5.76 Å². The van der Waals surface area contributed by atoms with Gasteiger partial charge in [0.05, 0.1) is 4.47 Å². The Hall–Kier alpha value is -2.90. The highest BCUT2D eigenvalue weighted by atomic mass is 79.9. The van der Waals surface area contributed by atoms with Crippen LogP contribution in [0.3, 0.4) is 0 Å². The molecule has 7 heteroatoms. The number of nitrogens with two attached hydrogens (primary N) is 1. The van der Waals surface area contributed by atoms with Crippen molar-refractivity contribution in [3.05, 3.63) is 76.7 Å². The Morgan fingerprint density at radius 3 is 2.86 bits per heavy atom. The summed E-state index contributed by atoms with van der Waals surface area (Å²) < 4.78 is 6.60. The minimum atomic E-state index is -0.294. The van der Waals surface area contributed by atoms with Crippen molar-refractivity contribution < 1.29 is 9.21 Å². The zero-order chi connectivity index (χ0) is 19.5.